The van der Waals surface area contributed by atoms with E-state index in [0.29, 0.717) is 0 Å². The molecule has 0 fully saturated rings. The van der Waals surface area contributed by atoms with Crippen LogP contribution in [0.4, 0.5) is 0 Å². The van der Waals surface area contributed by atoms with E-state index in [2.05, 4.69) is 13.0 Å². The minimum Gasteiger partial charge on any atom is -0.496 e. The van der Waals surface area contributed by atoms with Crippen molar-refractivity contribution in [3.63, 3.8) is 0 Å². The van der Waals surface area contributed by atoms with Gasteiger partial charge < -0.3 is 4.74 Å². The van der Waals surface area contributed by atoms with Gasteiger partial charge in [0, 0.05) is 0 Å². The molecule has 1 aromatic rings. The second-order valence-corrected chi connectivity index (χ2v) is 3.63. The number of benzene rings is 1. The molecular formula is C11H15ClO. The maximum absolute atomic E-state index is 6.12. The number of ether oxygens (including phenoxy) is 1. The molecule has 0 saturated carbocycles. The van der Waals surface area contributed by atoms with Gasteiger partial charge in [0.1, 0.15) is 5.75 Å². The minimum atomic E-state index is 0.115. The maximum Gasteiger partial charge on any atom is 0.121 e. The van der Waals surface area contributed by atoms with Gasteiger partial charge in [0.15, 0.2) is 0 Å². The zero-order valence-electron chi connectivity index (χ0n) is 8.30. The van der Waals surface area contributed by atoms with Crippen molar-refractivity contribution < 1.29 is 4.74 Å². The molecule has 0 spiro atoms. The Balaban J connectivity index is 2.95. The van der Waals surface area contributed by atoms with E-state index in [1.54, 1.807) is 7.11 Å². The highest BCUT2D eigenvalue weighted by Crippen LogP contribution is 2.27. The summed E-state index contributed by atoms with van der Waals surface area (Å²) >= 11 is 6.12. The van der Waals surface area contributed by atoms with Crippen LogP contribution in [0.2, 0.25) is 0 Å². The van der Waals surface area contributed by atoms with Crippen LogP contribution in [0.25, 0.3) is 0 Å². The monoisotopic (exact) mass is 198 g/mol. The van der Waals surface area contributed by atoms with Crippen LogP contribution >= 0.6 is 11.6 Å². The first kappa shape index (κ1) is 10.4. The summed E-state index contributed by atoms with van der Waals surface area (Å²) in [4.78, 5) is 0. The first-order valence-electron chi connectivity index (χ1n) is 4.47. The summed E-state index contributed by atoms with van der Waals surface area (Å²) in [7, 11) is 1.68. The number of alkyl halides is 1. The van der Waals surface area contributed by atoms with Gasteiger partial charge in [-0.1, -0.05) is 19.1 Å². The molecule has 0 aromatic heterocycles. The Morgan fingerprint density at radius 2 is 2.15 bits per heavy atom. The molecule has 1 rings (SSSR count). The van der Waals surface area contributed by atoms with Crippen molar-refractivity contribution in [3.8, 4) is 5.75 Å². The van der Waals surface area contributed by atoms with E-state index in [1.807, 2.05) is 19.1 Å². The molecule has 0 bridgehead atoms. The summed E-state index contributed by atoms with van der Waals surface area (Å²) in [5.74, 6) is 0.920. The van der Waals surface area contributed by atoms with Gasteiger partial charge in [0.25, 0.3) is 0 Å². The van der Waals surface area contributed by atoms with Crippen LogP contribution in [-0.2, 0) is 0 Å². The molecule has 0 saturated heterocycles. The lowest BCUT2D eigenvalue weighted by Crippen LogP contribution is -1.92. The van der Waals surface area contributed by atoms with Gasteiger partial charge in [-0.05, 0) is 30.5 Å². The van der Waals surface area contributed by atoms with Crippen molar-refractivity contribution in [1.82, 2.24) is 0 Å². The lowest BCUT2D eigenvalue weighted by atomic mass is 10.1. The number of rotatable bonds is 3. The zero-order valence-corrected chi connectivity index (χ0v) is 9.06. The summed E-state index contributed by atoms with van der Waals surface area (Å²) in [5, 5.41) is 0.115. The topological polar surface area (TPSA) is 9.23 Å². The fourth-order valence-corrected chi connectivity index (χ4v) is 1.47. The summed E-state index contributed by atoms with van der Waals surface area (Å²) in [6.07, 6.45) is 0.952. The molecule has 0 N–H and O–H groups in total. The van der Waals surface area contributed by atoms with Crippen molar-refractivity contribution in [3.05, 3.63) is 29.3 Å². The van der Waals surface area contributed by atoms with Gasteiger partial charge in [0.05, 0.1) is 12.5 Å². The molecule has 1 unspecified atom stereocenters. The number of hydrogen-bond donors (Lipinski definition) is 0. The molecule has 0 aliphatic heterocycles. The Morgan fingerprint density at radius 3 is 2.62 bits per heavy atom. The number of hydrogen-bond acceptors (Lipinski definition) is 1. The van der Waals surface area contributed by atoms with E-state index in [0.717, 1.165) is 17.7 Å². The van der Waals surface area contributed by atoms with Crippen LogP contribution in [0.3, 0.4) is 0 Å². The Hall–Kier alpha value is -0.690. The van der Waals surface area contributed by atoms with E-state index in [9.17, 15) is 0 Å². The second kappa shape index (κ2) is 4.52. The molecule has 1 nitrogen and oxygen atoms in total. The molecule has 0 heterocycles. The Labute approximate surface area is 84.7 Å². The van der Waals surface area contributed by atoms with Crippen LogP contribution in [-0.4, -0.2) is 7.11 Å². The van der Waals surface area contributed by atoms with Gasteiger partial charge >= 0.3 is 0 Å². The van der Waals surface area contributed by atoms with Gasteiger partial charge in [-0.2, -0.15) is 0 Å². The highest BCUT2D eigenvalue weighted by Gasteiger charge is 2.06. The molecule has 0 amide bonds. The van der Waals surface area contributed by atoms with Gasteiger partial charge in [-0.25, -0.2) is 0 Å². The fourth-order valence-electron chi connectivity index (χ4n) is 1.33. The summed E-state index contributed by atoms with van der Waals surface area (Å²) in [6, 6.07) is 6.07. The zero-order chi connectivity index (χ0) is 9.84. The van der Waals surface area contributed by atoms with Crippen LogP contribution < -0.4 is 4.74 Å². The average molecular weight is 199 g/mol. The van der Waals surface area contributed by atoms with Crippen LogP contribution in [0.5, 0.6) is 5.75 Å². The lowest BCUT2D eigenvalue weighted by Gasteiger charge is -2.10. The summed E-state index contributed by atoms with van der Waals surface area (Å²) in [5.41, 5.74) is 2.31. The Morgan fingerprint density at radius 1 is 1.46 bits per heavy atom. The first-order chi connectivity index (χ1) is 6.19. The van der Waals surface area contributed by atoms with E-state index in [-0.39, 0.29) is 5.38 Å². The molecule has 0 aliphatic carbocycles. The molecule has 1 aromatic carbocycles. The SMILES string of the molecule is CCC(Cl)c1ccc(OC)c(C)c1. The predicted octanol–water partition coefficient (Wildman–Crippen LogP) is 3.69. The smallest absolute Gasteiger partial charge is 0.121 e. The molecule has 0 aliphatic rings. The van der Waals surface area contributed by atoms with Crippen molar-refractivity contribution in [2.24, 2.45) is 0 Å². The van der Waals surface area contributed by atoms with Crippen LogP contribution in [0.15, 0.2) is 18.2 Å². The number of halogens is 1. The third-order valence-electron chi connectivity index (χ3n) is 2.14. The van der Waals surface area contributed by atoms with E-state index in [1.165, 1.54) is 5.56 Å². The van der Waals surface area contributed by atoms with Crippen LogP contribution in [0.1, 0.15) is 29.8 Å². The molecule has 1 atom stereocenters. The predicted molar refractivity (Wildman–Crippen MR) is 56.6 cm³/mol. The molecular weight excluding hydrogens is 184 g/mol. The Bertz CT molecular complexity index is 283. The fraction of sp³-hybridized carbons (Fsp3) is 0.455. The van der Waals surface area contributed by atoms with E-state index < -0.39 is 0 Å². The van der Waals surface area contributed by atoms with Crippen molar-refractivity contribution in [1.29, 1.82) is 0 Å². The largest absolute Gasteiger partial charge is 0.496 e. The Kier molecular flexibility index (Phi) is 3.61. The maximum atomic E-state index is 6.12. The quantitative estimate of drug-likeness (QED) is 0.674. The van der Waals surface area contributed by atoms with Crippen molar-refractivity contribution in [2.75, 3.05) is 7.11 Å². The van der Waals surface area contributed by atoms with Crippen molar-refractivity contribution >= 4 is 11.6 Å². The normalized spacial score (nSPS) is 12.6. The van der Waals surface area contributed by atoms with Gasteiger partial charge in [-0.15, -0.1) is 11.6 Å². The summed E-state index contributed by atoms with van der Waals surface area (Å²) < 4.78 is 5.17. The van der Waals surface area contributed by atoms with Gasteiger partial charge in [0.2, 0.25) is 0 Å². The third-order valence-corrected chi connectivity index (χ3v) is 2.70. The number of methoxy groups -OCH3 is 1. The minimum absolute atomic E-state index is 0.115. The third kappa shape index (κ3) is 2.38. The number of aryl methyl sites for hydroxylation is 1. The lowest BCUT2D eigenvalue weighted by molar-refractivity contribution is 0.411. The van der Waals surface area contributed by atoms with Crippen LogP contribution in [0, 0.1) is 6.92 Å². The highest BCUT2D eigenvalue weighted by atomic mass is 35.5. The first-order valence-corrected chi connectivity index (χ1v) is 4.91. The second-order valence-electron chi connectivity index (χ2n) is 3.10. The molecule has 13 heavy (non-hydrogen) atoms. The molecule has 2 heteroatoms. The summed E-state index contributed by atoms with van der Waals surface area (Å²) in [6.45, 7) is 4.11. The average Bonchev–Trinajstić information content (AvgIpc) is 2.16. The van der Waals surface area contributed by atoms with Gasteiger partial charge in [-0.3, -0.25) is 0 Å². The highest BCUT2D eigenvalue weighted by molar-refractivity contribution is 6.20. The molecule has 0 radical (unpaired) electrons. The standard InChI is InChI=1S/C11H15ClO/c1-4-10(12)9-5-6-11(13-3)8(2)7-9/h5-7,10H,4H2,1-3H3. The van der Waals surface area contributed by atoms with E-state index in [4.69, 9.17) is 16.3 Å². The van der Waals surface area contributed by atoms with E-state index >= 15 is 0 Å². The molecule has 72 valence electrons. The van der Waals surface area contributed by atoms with Crippen molar-refractivity contribution in [2.45, 2.75) is 25.6 Å².